The number of anilines is 1. The van der Waals surface area contributed by atoms with Gasteiger partial charge in [-0.25, -0.2) is 4.79 Å². The summed E-state index contributed by atoms with van der Waals surface area (Å²) in [5.74, 6) is 0.449. The van der Waals surface area contributed by atoms with Gasteiger partial charge in [0.2, 0.25) is 5.91 Å². The first-order valence-corrected chi connectivity index (χ1v) is 11.8. The maximum absolute atomic E-state index is 12.9. The predicted octanol–water partition coefficient (Wildman–Crippen LogP) is 4.52. The first kappa shape index (κ1) is 26.2. The summed E-state index contributed by atoms with van der Waals surface area (Å²) < 4.78 is 15.9. The molecule has 1 heterocycles. The minimum Gasteiger partial charge on any atom is -0.497 e. The van der Waals surface area contributed by atoms with E-state index in [2.05, 4.69) is 5.32 Å². The molecule has 2 rings (SSSR count). The highest BCUT2D eigenvalue weighted by molar-refractivity contribution is 7.18. The van der Waals surface area contributed by atoms with Gasteiger partial charge in [-0.3, -0.25) is 9.59 Å². The second kappa shape index (κ2) is 12.8. The number of methoxy groups -OCH3 is 1. The summed E-state index contributed by atoms with van der Waals surface area (Å²) in [5, 5.41) is 3.13. The van der Waals surface area contributed by atoms with E-state index in [1.165, 1.54) is 0 Å². The fourth-order valence-electron chi connectivity index (χ4n) is 3.19. The van der Waals surface area contributed by atoms with E-state index in [0.29, 0.717) is 47.3 Å². The van der Waals surface area contributed by atoms with E-state index >= 15 is 0 Å². The number of carbonyl (C=O) groups excluding carboxylic acids is 3. The minimum atomic E-state index is -0.553. The summed E-state index contributed by atoms with van der Waals surface area (Å²) in [6, 6.07) is 7.20. The largest absolute Gasteiger partial charge is 0.497 e. The monoisotopic (exact) mass is 476 g/mol. The van der Waals surface area contributed by atoms with Crippen molar-refractivity contribution in [3.8, 4) is 11.5 Å². The Morgan fingerprint density at radius 2 is 1.67 bits per heavy atom. The molecular formula is C24H32N2O6S. The molecule has 0 bridgehead atoms. The third-order valence-electron chi connectivity index (χ3n) is 5.00. The average Bonchev–Trinajstić information content (AvgIpc) is 3.13. The lowest BCUT2D eigenvalue weighted by Crippen LogP contribution is -2.30. The van der Waals surface area contributed by atoms with Crippen LogP contribution in [0.15, 0.2) is 24.3 Å². The maximum atomic E-state index is 12.9. The van der Waals surface area contributed by atoms with Crippen LogP contribution in [0.2, 0.25) is 0 Å². The van der Waals surface area contributed by atoms with Gasteiger partial charge >= 0.3 is 5.97 Å². The smallest absolute Gasteiger partial charge is 0.341 e. The normalized spacial score (nSPS) is 10.5. The summed E-state index contributed by atoms with van der Waals surface area (Å²) in [6.07, 6.45) is 0.691. The zero-order valence-electron chi connectivity index (χ0n) is 19.9. The van der Waals surface area contributed by atoms with E-state index in [0.717, 1.165) is 17.1 Å². The number of hydrogen-bond donors (Lipinski definition) is 1. The molecule has 0 atom stereocenters. The zero-order valence-corrected chi connectivity index (χ0v) is 20.7. The van der Waals surface area contributed by atoms with Gasteiger partial charge < -0.3 is 24.4 Å². The van der Waals surface area contributed by atoms with Crippen LogP contribution in [-0.2, 0) is 9.53 Å². The molecule has 180 valence electrons. The molecule has 0 aliphatic rings. The molecule has 0 unspecified atom stereocenters. The Labute approximate surface area is 198 Å². The highest BCUT2D eigenvalue weighted by Crippen LogP contribution is 2.35. The van der Waals surface area contributed by atoms with Gasteiger partial charge in [0, 0.05) is 19.5 Å². The SMILES string of the molecule is CCOC(=O)c1c(NC(=O)CCCOc2ccc(OC)cc2)sc(C(=O)N(CC)CC)c1C. The standard InChI is InChI=1S/C24H32N2O6S/c1-6-26(7-2)23(28)21-16(4)20(24(29)31-8-3)22(33-21)25-19(27)10-9-15-32-18-13-11-17(30-5)12-14-18/h11-14H,6-10,15H2,1-5H3,(H,25,27). The summed E-state index contributed by atoms with van der Waals surface area (Å²) in [5.41, 5.74) is 0.758. The number of nitrogens with zero attached hydrogens (tertiary/aromatic N) is 1. The first-order chi connectivity index (χ1) is 15.9. The minimum absolute atomic E-state index is 0.165. The Kier molecular flexibility index (Phi) is 10.2. The number of amides is 2. The van der Waals surface area contributed by atoms with E-state index in [1.807, 2.05) is 13.8 Å². The number of ether oxygens (including phenoxy) is 3. The van der Waals surface area contributed by atoms with Crippen LogP contribution in [0, 0.1) is 6.92 Å². The van der Waals surface area contributed by atoms with Crippen molar-refractivity contribution in [3.05, 3.63) is 40.3 Å². The molecule has 1 aromatic heterocycles. The van der Waals surface area contributed by atoms with E-state index in [1.54, 1.807) is 50.1 Å². The summed E-state index contributed by atoms with van der Waals surface area (Å²) in [4.78, 5) is 40.1. The predicted molar refractivity (Wildman–Crippen MR) is 129 cm³/mol. The highest BCUT2D eigenvalue weighted by atomic mass is 32.1. The zero-order chi connectivity index (χ0) is 24.4. The number of carbonyl (C=O) groups is 3. The van der Waals surface area contributed by atoms with Crippen molar-refractivity contribution in [2.24, 2.45) is 0 Å². The second-order valence-electron chi connectivity index (χ2n) is 7.13. The quantitative estimate of drug-likeness (QED) is 0.358. The van der Waals surface area contributed by atoms with Crippen molar-refractivity contribution in [1.82, 2.24) is 4.90 Å². The Morgan fingerprint density at radius 1 is 1.03 bits per heavy atom. The molecule has 0 aliphatic carbocycles. The third-order valence-corrected chi connectivity index (χ3v) is 6.20. The van der Waals surface area contributed by atoms with Gasteiger partial charge in [-0.1, -0.05) is 0 Å². The van der Waals surface area contributed by atoms with Crippen molar-refractivity contribution >= 4 is 34.1 Å². The average molecular weight is 477 g/mol. The lowest BCUT2D eigenvalue weighted by atomic mass is 10.1. The lowest BCUT2D eigenvalue weighted by molar-refractivity contribution is -0.116. The lowest BCUT2D eigenvalue weighted by Gasteiger charge is -2.18. The van der Waals surface area contributed by atoms with Crippen molar-refractivity contribution in [2.75, 3.05) is 38.7 Å². The van der Waals surface area contributed by atoms with Gasteiger partial charge in [0.15, 0.2) is 0 Å². The number of hydrogen-bond acceptors (Lipinski definition) is 7. The van der Waals surface area contributed by atoms with Crippen molar-refractivity contribution in [1.29, 1.82) is 0 Å². The molecule has 33 heavy (non-hydrogen) atoms. The van der Waals surface area contributed by atoms with E-state index < -0.39 is 5.97 Å². The Balaban J connectivity index is 2.05. The molecule has 2 aromatic rings. The molecule has 0 fully saturated rings. The second-order valence-corrected chi connectivity index (χ2v) is 8.15. The van der Waals surface area contributed by atoms with Gasteiger partial charge in [0.25, 0.3) is 5.91 Å². The molecule has 8 nitrogen and oxygen atoms in total. The van der Waals surface area contributed by atoms with Crippen molar-refractivity contribution < 1.29 is 28.6 Å². The maximum Gasteiger partial charge on any atom is 0.341 e. The summed E-state index contributed by atoms with van der Waals surface area (Å²) in [7, 11) is 1.60. The van der Waals surface area contributed by atoms with Crippen molar-refractivity contribution in [2.45, 2.75) is 40.5 Å². The Morgan fingerprint density at radius 3 is 2.24 bits per heavy atom. The van der Waals surface area contributed by atoms with Crippen molar-refractivity contribution in [3.63, 3.8) is 0 Å². The van der Waals surface area contributed by atoms with Gasteiger partial charge in [0.1, 0.15) is 16.5 Å². The molecule has 9 heteroatoms. The fourth-order valence-corrected chi connectivity index (χ4v) is 4.37. The van der Waals surface area contributed by atoms with Crippen LogP contribution < -0.4 is 14.8 Å². The van der Waals surface area contributed by atoms with Crippen LogP contribution in [-0.4, -0.2) is 56.1 Å². The Bertz CT molecular complexity index is 951. The summed E-state index contributed by atoms with van der Waals surface area (Å²) in [6.45, 7) is 8.87. The number of benzene rings is 1. The first-order valence-electron chi connectivity index (χ1n) is 11.0. The van der Waals surface area contributed by atoms with Crippen LogP contribution in [0.25, 0.3) is 0 Å². The van der Waals surface area contributed by atoms with Gasteiger partial charge in [-0.15, -0.1) is 11.3 Å². The van der Waals surface area contributed by atoms with Gasteiger partial charge in [0.05, 0.1) is 30.8 Å². The molecule has 0 saturated carbocycles. The van der Waals surface area contributed by atoms with Crippen LogP contribution in [0.4, 0.5) is 5.00 Å². The number of rotatable bonds is 12. The molecule has 0 saturated heterocycles. The molecule has 0 aliphatic heterocycles. The van der Waals surface area contributed by atoms with Crippen LogP contribution in [0.5, 0.6) is 11.5 Å². The van der Waals surface area contributed by atoms with Crippen LogP contribution in [0.1, 0.15) is 59.2 Å². The van der Waals surface area contributed by atoms with E-state index in [4.69, 9.17) is 14.2 Å². The number of esters is 1. The summed E-state index contributed by atoms with van der Waals surface area (Å²) >= 11 is 1.11. The highest BCUT2D eigenvalue weighted by Gasteiger charge is 2.28. The van der Waals surface area contributed by atoms with E-state index in [9.17, 15) is 14.4 Å². The Hall–Kier alpha value is -3.07. The fraction of sp³-hybridized carbons (Fsp3) is 0.458. The molecule has 2 amide bonds. The molecule has 0 spiro atoms. The molecule has 1 aromatic carbocycles. The number of thiophene rings is 1. The third kappa shape index (κ3) is 6.95. The van der Waals surface area contributed by atoms with Gasteiger partial charge in [-0.2, -0.15) is 0 Å². The molecule has 0 radical (unpaired) electrons. The molecule has 1 N–H and O–H groups in total. The van der Waals surface area contributed by atoms with Crippen LogP contribution in [0.3, 0.4) is 0 Å². The van der Waals surface area contributed by atoms with Crippen LogP contribution >= 0.6 is 11.3 Å². The topological polar surface area (TPSA) is 94.2 Å². The van der Waals surface area contributed by atoms with E-state index in [-0.39, 0.29) is 30.4 Å². The molecular weight excluding hydrogens is 444 g/mol. The van der Waals surface area contributed by atoms with Gasteiger partial charge in [-0.05, 0) is 63.9 Å². The number of nitrogens with one attached hydrogen (secondary N) is 1.